The molecule has 1 aliphatic rings. The van der Waals surface area contributed by atoms with E-state index in [-0.39, 0.29) is 12.7 Å². The number of amides is 1. The molecule has 2 aromatic rings. The van der Waals surface area contributed by atoms with E-state index in [1.165, 1.54) is 0 Å². The van der Waals surface area contributed by atoms with Crippen LogP contribution in [0.4, 0.5) is 0 Å². The second-order valence-corrected chi connectivity index (χ2v) is 6.29. The molecule has 1 atom stereocenters. The number of rotatable bonds is 6. The molecule has 2 aromatic carbocycles. The van der Waals surface area contributed by atoms with Crippen molar-refractivity contribution in [2.24, 2.45) is 0 Å². The van der Waals surface area contributed by atoms with Gasteiger partial charge in [0.25, 0.3) is 5.91 Å². The first kappa shape index (κ1) is 16.6. The first-order chi connectivity index (χ1) is 11.7. The third-order valence-electron chi connectivity index (χ3n) is 3.66. The van der Waals surface area contributed by atoms with Crippen molar-refractivity contribution in [3.63, 3.8) is 0 Å². The van der Waals surface area contributed by atoms with Crippen LogP contribution in [0.25, 0.3) is 0 Å². The molecule has 3 rings (SSSR count). The highest BCUT2D eigenvalue weighted by atomic mass is 79.9. The molecule has 0 aromatic heterocycles. The van der Waals surface area contributed by atoms with E-state index in [9.17, 15) is 4.79 Å². The fourth-order valence-corrected chi connectivity index (χ4v) is 2.62. The first-order valence-corrected chi connectivity index (χ1v) is 8.53. The molecular formula is C18H18BrNO4. The van der Waals surface area contributed by atoms with E-state index in [1.807, 2.05) is 49.4 Å². The Bertz CT molecular complexity index is 717. The number of hydrogen-bond acceptors (Lipinski definition) is 4. The maximum Gasteiger partial charge on any atom is 0.261 e. The monoisotopic (exact) mass is 391 g/mol. The van der Waals surface area contributed by atoms with Gasteiger partial charge in [0.2, 0.25) is 6.79 Å². The Morgan fingerprint density at radius 3 is 2.71 bits per heavy atom. The number of halogens is 1. The third-order valence-corrected chi connectivity index (χ3v) is 4.19. The molecule has 6 heteroatoms. The molecule has 0 saturated carbocycles. The van der Waals surface area contributed by atoms with Gasteiger partial charge in [-0.3, -0.25) is 4.79 Å². The molecule has 24 heavy (non-hydrogen) atoms. The van der Waals surface area contributed by atoms with Gasteiger partial charge in [-0.05, 0) is 48.4 Å². The quantitative estimate of drug-likeness (QED) is 0.816. The predicted molar refractivity (Wildman–Crippen MR) is 93.3 cm³/mol. The Morgan fingerprint density at radius 2 is 1.96 bits per heavy atom. The summed E-state index contributed by atoms with van der Waals surface area (Å²) in [6.45, 7) is 2.57. The van der Waals surface area contributed by atoms with Gasteiger partial charge in [-0.1, -0.05) is 28.9 Å². The van der Waals surface area contributed by atoms with Crippen molar-refractivity contribution in [3.05, 3.63) is 52.5 Å². The Kier molecular flexibility index (Phi) is 5.25. The van der Waals surface area contributed by atoms with Gasteiger partial charge in [-0.25, -0.2) is 0 Å². The minimum Gasteiger partial charge on any atom is -0.481 e. The molecule has 0 bridgehead atoms. The summed E-state index contributed by atoms with van der Waals surface area (Å²) < 4.78 is 17.3. The van der Waals surface area contributed by atoms with Crippen LogP contribution in [0, 0.1) is 0 Å². The zero-order valence-corrected chi connectivity index (χ0v) is 14.8. The SMILES string of the molecule is CC[C@H](Oc1ccc(Br)cc1)C(=O)NCc1ccc2c(c1)OCO2. The normalized spacial score (nSPS) is 13.4. The molecular weight excluding hydrogens is 374 g/mol. The maximum atomic E-state index is 12.4. The molecule has 0 spiro atoms. The second kappa shape index (κ2) is 7.57. The highest BCUT2D eigenvalue weighted by molar-refractivity contribution is 9.10. The van der Waals surface area contributed by atoms with Crippen molar-refractivity contribution >= 4 is 21.8 Å². The lowest BCUT2D eigenvalue weighted by atomic mass is 10.2. The standard InChI is InChI=1S/C18H18BrNO4/c1-2-15(24-14-6-4-13(19)5-7-14)18(21)20-10-12-3-8-16-17(9-12)23-11-22-16/h3-9,15H,2,10-11H2,1H3,(H,20,21)/t15-/m0/s1. The van der Waals surface area contributed by atoms with Crippen molar-refractivity contribution in [2.75, 3.05) is 6.79 Å². The number of fused-ring (bicyclic) bond motifs is 1. The highest BCUT2D eigenvalue weighted by Crippen LogP contribution is 2.32. The Balaban J connectivity index is 1.57. The molecule has 1 heterocycles. The lowest BCUT2D eigenvalue weighted by Gasteiger charge is -2.17. The molecule has 1 aliphatic heterocycles. The first-order valence-electron chi connectivity index (χ1n) is 7.74. The Morgan fingerprint density at radius 1 is 1.21 bits per heavy atom. The fraction of sp³-hybridized carbons (Fsp3) is 0.278. The van der Waals surface area contributed by atoms with E-state index < -0.39 is 6.10 Å². The van der Waals surface area contributed by atoms with Crippen LogP contribution in [-0.4, -0.2) is 18.8 Å². The van der Waals surface area contributed by atoms with Crippen LogP contribution in [0.1, 0.15) is 18.9 Å². The van der Waals surface area contributed by atoms with Crippen molar-refractivity contribution in [3.8, 4) is 17.2 Å². The van der Waals surface area contributed by atoms with E-state index in [1.54, 1.807) is 0 Å². The number of benzene rings is 2. The largest absolute Gasteiger partial charge is 0.481 e. The molecule has 0 unspecified atom stereocenters. The van der Waals surface area contributed by atoms with Crippen LogP contribution in [0.2, 0.25) is 0 Å². The van der Waals surface area contributed by atoms with Crippen LogP contribution in [-0.2, 0) is 11.3 Å². The summed E-state index contributed by atoms with van der Waals surface area (Å²) in [5.74, 6) is 1.97. The summed E-state index contributed by atoms with van der Waals surface area (Å²) in [7, 11) is 0. The van der Waals surface area contributed by atoms with Crippen LogP contribution in [0.15, 0.2) is 46.9 Å². The average molecular weight is 392 g/mol. The molecule has 0 fully saturated rings. The van der Waals surface area contributed by atoms with Gasteiger partial charge < -0.3 is 19.5 Å². The van der Waals surface area contributed by atoms with E-state index in [0.29, 0.717) is 24.5 Å². The van der Waals surface area contributed by atoms with Crippen LogP contribution < -0.4 is 19.5 Å². The molecule has 1 N–H and O–H groups in total. The van der Waals surface area contributed by atoms with Crippen LogP contribution >= 0.6 is 15.9 Å². The molecule has 0 radical (unpaired) electrons. The molecule has 0 aliphatic carbocycles. The molecule has 5 nitrogen and oxygen atoms in total. The number of carbonyl (C=O) groups excluding carboxylic acids is 1. The number of nitrogens with one attached hydrogen (secondary N) is 1. The average Bonchev–Trinajstić information content (AvgIpc) is 3.07. The number of hydrogen-bond donors (Lipinski definition) is 1. The van der Waals surface area contributed by atoms with E-state index >= 15 is 0 Å². The van der Waals surface area contributed by atoms with Gasteiger partial charge in [0, 0.05) is 11.0 Å². The summed E-state index contributed by atoms with van der Waals surface area (Å²) in [6, 6.07) is 13.1. The summed E-state index contributed by atoms with van der Waals surface area (Å²) in [4.78, 5) is 12.4. The van der Waals surface area contributed by atoms with Crippen molar-refractivity contribution in [2.45, 2.75) is 26.0 Å². The summed E-state index contributed by atoms with van der Waals surface area (Å²) >= 11 is 3.38. The lowest BCUT2D eigenvalue weighted by molar-refractivity contribution is -0.128. The highest BCUT2D eigenvalue weighted by Gasteiger charge is 2.19. The fourth-order valence-electron chi connectivity index (χ4n) is 2.35. The zero-order valence-electron chi connectivity index (χ0n) is 13.3. The molecule has 126 valence electrons. The Hall–Kier alpha value is -2.21. The van der Waals surface area contributed by atoms with Gasteiger partial charge in [0.05, 0.1) is 0 Å². The smallest absolute Gasteiger partial charge is 0.261 e. The van der Waals surface area contributed by atoms with Gasteiger partial charge in [0.1, 0.15) is 5.75 Å². The predicted octanol–water partition coefficient (Wildman–Crippen LogP) is 3.65. The second-order valence-electron chi connectivity index (χ2n) is 5.37. The maximum absolute atomic E-state index is 12.4. The lowest BCUT2D eigenvalue weighted by Crippen LogP contribution is -2.37. The van der Waals surface area contributed by atoms with Crippen LogP contribution in [0.5, 0.6) is 17.2 Å². The summed E-state index contributed by atoms with van der Waals surface area (Å²) in [6.07, 6.45) is 0.0587. The molecule has 1 amide bonds. The van der Waals surface area contributed by atoms with Gasteiger partial charge >= 0.3 is 0 Å². The number of carbonyl (C=O) groups is 1. The third kappa shape index (κ3) is 4.00. The Labute approximate surface area is 149 Å². The zero-order chi connectivity index (χ0) is 16.9. The van der Waals surface area contributed by atoms with E-state index in [2.05, 4.69) is 21.2 Å². The van der Waals surface area contributed by atoms with Crippen LogP contribution in [0.3, 0.4) is 0 Å². The van der Waals surface area contributed by atoms with Gasteiger partial charge in [-0.15, -0.1) is 0 Å². The topological polar surface area (TPSA) is 56.8 Å². The van der Waals surface area contributed by atoms with Crippen molar-refractivity contribution in [1.82, 2.24) is 5.32 Å². The minimum atomic E-state index is -0.528. The van der Waals surface area contributed by atoms with E-state index in [4.69, 9.17) is 14.2 Å². The minimum absolute atomic E-state index is 0.141. The summed E-state index contributed by atoms with van der Waals surface area (Å²) in [5.41, 5.74) is 0.950. The van der Waals surface area contributed by atoms with Crippen molar-refractivity contribution < 1.29 is 19.0 Å². The summed E-state index contributed by atoms with van der Waals surface area (Å²) in [5, 5.41) is 2.90. The van der Waals surface area contributed by atoms with Gasteiger partial charge in [0.15, 0.2) is 17.6 Å². The number of ether oxygens (including phenoxy) is 3. The van der Waals surface area contributed by atoms with Gasteiger partial charge in [-0.2, -0.15) is 0 Å². The molecule has 0 saturated heterocycles. The van der Waals surface area contributed by atoms with Crippen molar-refractivity contribution in [1.29, 1.82) is 0 Å². The van der Waals surface area contributed by atoms with E-state index in [0.717, 1.165) is 15.8 Å².